The summed E-state index contributed by atoms with van der Waals surface area (Å²) in [6.45, 7) is 2.08. The van der Waals surface area contributed by atoms with Gasteiger partial charge in [-0.05, 0) is 49.4 Å². The van der Waals surface area contributed by atoms with Crippen molar-refractivity contribution < 1.29 is 9.53 Å². The Morgan fingerprint density at radius 2 is 1.95 bits per heavy atom. The molecule has 0 bridgehead atoms. The van der Waals surface area contributed by atoms with Crippen LogP contribution in [0.15, 0.2) is 48.5 Å². The van der Waals surface area contributed by atoms with E-state index in [9.17, 15) is 4.79 Å². The summed E-state index contributed by atoms with van der Waals surface area (Å²) in [6.07, 6.45) is 3.20. The maximum Gasteiger partial charge on any atom is 0.258 e. The largest absolute Gasteiger partial charge is 0.484 e. The topological polar surface area (TPSA) is 38.3 Å². The fourth-order valence-electron chi connectivity index (χ4n) is 2.92. The second-order valence-corrected chi connectivity index (χ2v) is 5.81. The Labute approximate surface area is 131 Å². The van der Waals surface area contributed by atoms with Gasteiger partial charge in [-0.3, -0.25) is 4.79 Å². The minimum Gasteiger partial charge on any atom is -0.484 e. The summed E-state index contributed by atoms with van der Waals surface area (Å²) >= 11 is 0. The first-order valence-electron chi connectivity index (χ1n) is 7.79. The summed E-state index contributed by atoms with van der Waals surface area (Å²) in [5.74, 6) is 0.659. The number of hydrogen-bond acceptors (Lipinski definition) is 2. The number of carbonyl (C=O) groups is 1. The number of ether oxygens (including phenoxy) is 1. The summed E-state index contributed by atoms with van der Waals surface area (Å²) < 4.78 is 5.54. The minimum absolute atomic E-state index is 0.0573. The van der Waals surface area contributed by atoms with Crippen LogP contribution in [0.4, 0.5) is 0 Å². The summed E-state index contributed by atoms with van der Waals surface area (Å²) in [5, 5.41) is 3.09. The summed E-state index contributed by atoms with van der Waals surface area (Å²) in [7, 11) is 0. The zero-order chi connectivity index (χ0) is 15.4. The maximum absolute atomic E-state index is 12.1. The molecule has 0 aliphatic heterocycles. The number of hydrogen-bond donors (Lipinski definition) is 1. The molecule has 1 N–H and O–H groups in total. The number of nitrogens with one attached hydrogen (secondary N) is 1. The molecular weight excluding hydrogens is 274 g/mol. The first kappa shape index (κ1) is 14.6. The zero-order valence-corrected chi connectivity index (χ0v) is 12.8. The van der Waals surface area contributed by atoms with E-state index in [1.807, 2.05) is 37.3 Å². The van der Waals surface area contributed by atoms with Crippen LogP contribution in [0.3, 0.4) is 0 Å². The molecule has 1 amide bonds. The smallest absolute Gasteiger partial charge is 0.258 e. The Bertz CT molecular complexity index is 649. The standard InChI is InChI=1S/C19H21NO2/c1-14-9-11-16(12-10-14)22-13-19(21)20-18-8-4-6-15-5-2-3-7-17(15)18/h2-3,5,7,9-12,18H,4,6,8,13H2,1H3,(H,20,21)/t18-/m1/s1. The fraction of sp³-hybridized carbons (Fsp3) is 0.316. The van der Waals surface area contributed by atoms with E-state index in [2.05, 4.69) is 23.5 Å². The molecule has 0 saturated heterocycles. The fourth-order valence-corrected chi connectivity index (χ4v) is 2.92. The molecule has 3 heteroatoms. The second kappa shape index (κ2) is 6.65. The predicted octanol–water partition coefficient (Wildman–Crippen LogP) is 3.57. The average Bonchev–Trinajstić information content (AvgIpc) is 2.55. The molecule has 1 aliphatic rings. The van der Waals surface area contributed by atoms with E-state index in [0.717, 1.165) is 25.0 Å². The maximum atomic E-state index is 12.1. The first-order valence-corrected chi connectivity index (χ1v) is 7.79. The molecule has 0 unspecified atom stereocenters. The highest BCUT2D eigenvalue weighted by Gasteiger charge is 2.21. The molecule has 2 aromatic rings. The van der Waals surface area contributed by atoms with Crippen LogP contribution in [0, 0.1) is 6.92 Å². The Morgan fingerprint density at radius 1 is 1.18 bits per heavy atom. The van der Waals surface area contributed by atoms with E-state index >= 15 is 0 Å². The van der Waals surface area contributed by atoms with Gasteiger partial charge in [-0.15, -0.1) is 0 Å². The Kier molecular flexibility index (Phi) is 4.42. The van der Waals surface area contributed by atoms with Gasteiger partial charge in [0.25, 0.3) is 5.91 Å². The van der Waals surface area contributed by atoms with Gasteiger partial charge >= 0.3 is 0 Å². The lowest BCUT2D eigenvalue weighted by molar-refractivity contribution is -0.123. The van der Waals surface area contributed by atoms with E-state index in [1.54, 1.807) is 0 Å². The van der Waals surface area contributed by atoms with E-state index in [0.29, 0.717) is 0 Å². The van der Waals surface area contributed by atoms with Crippen molar-refractivity contribution in [2.45, 2.75) is 32.2 Å². The molecule has 2 aromatic carbocycles. The molecule has 1 aliphatic carbocycles. The van der Waals surface area contributed by atoms with Crippen molar-refractivity contribution in [3.05, 3.63) is 65.2 Å². The molecular formula is C19H21NO2. The van der Waals surface area contributed by atoms with Gasteiger partial charge < -0.3 is 10.1 Å². The van der Waals surface area contributed by atoms with Crippen molar-refractivity contribution in [3.63, 3.8) is 0 Å². The highest BCUT2D eigenvalue weighted by Crippen LogP contribution is 2.29. The van der Waals surface area contributed by atoms with Crippen LogP contribution < -0.4 is 10.1 Å². The van der Waals surface area contributed by atoms with Crippen LogP contribution in [0.2, 0.25) is 0 Å². The number of benzene rings is 2. The molecule has 0 radical (unpaired) electrons. The van der Waals surface area contributed by atoms with Crippen molar-refractivity contribution in [1.82, 2.24) is 5.32 Å². The van der Waals surface area contributed by atoms with Crippen LogP contribution in [-0.2, 0) is 11.2 Å². The third-order valence-corrected chi connectivity index (χ3v) is 4.10. The number of fused-ring (bicyclic) bond motifs is 1. The molecule has 3 rings (SSSR count). The van der Waals surface area contributed by atoms with Crippen molar-refractivity contribution in [2.24, 2.45) is 0 Å². The van der Waals surface area contributed by atoms with Crippen molar-refractivity contribution in [2.75, 3.05) is 6.61 Å². The molecule has 114 valence electrons. The Hall–Kier alpha value is -2.29. The lowest BCUT2D eigenvalue weighted by Gasteiger charge is -2.26. The summed E-state index contributed by atoms with van der Waals surface area (Å²) in [4.78, 5) is 12.1. The normalized spacial score (nSPS) is 16.7. The average molecular weight is 295 g/mol. The molecule has 0 spiro atoms. The number of rotatable bonds is 4. The Balaban J connectivity index is 1.57. The molecule has 0 heterocycles. The van der Waals surface area contributed by atoms with Gasteiger partial charge in [0.05, 0.1) is 6.04 Å². The SMILES string of the molecule is Cc1ccc(OCC(=O)N[C@@H]2CCCc3ccccc32)cc1. The van der Waals surface area contributed by atoms with Gasteiger partial charge in [-0.1, -0.05) is 42.0 Å². The molecule has 0 fully saturated rings. The third kappa shape index (κ3) is 3.48. The molecule has 0 saturated carbocycles. The van der Waals surface area contributed by atoms with Gasteiger partial charge in [-0.2, -0.15) is 0 Å². The predicted molar refractivity (Wildman–Crippen MR) is 86.9 cm³/mol. The first-order chi connectivity index (χ1) is 10.7. The molecule has 1 atom stereocenters. The third-order valence-electron chi connectivity index (χ3n) is 4.10. The summed E-state index contributed by atoms with van der Waals surface area (Å²) in [6, 6.07) is 16.2. The molecule has 22 heavy (non-hydrogen) atoms. The summed E-state index contributed by atoms with van der Waals surface area (Å²) in [5.41, 5.74) is 3.77. The highest BCUT2D eigenvalue weighted by atomic mass is 16.5. The second-order valence-electron chi connectivity index (χ2n) is 5.81. The van der Waals surface area contributed by atoms with Gasteiger partial charge in [0.2, 0.25) is 0 Å². The monoisotopic (exact) mass is 295 g/mol. The number of aryl methyl sites for hydroxylation is 2. The van der Waals surface area contributed by atoms with Gasteiger partial charge in [0, 0.05) is 0 Å². The number of carbonyl (C=O) groups excluding carboxylic acids is 1. The van der Waals surface area contributed by atoms with Crippen LogP contribution >= 0.6 is 0 Å². The minimum atomic E-state index is -0.0673. The van der Waals surface area contributed by atoms with E-state index in [-0.39, 0.29) is 18.6 Å². The Morgan fingerprint density at radius 3 is 2.77 bits per heavy atom. The molecule has 3 nitrogen and oxygen atoms in total. The van der Waals surface area contributed by atoms with Gasteiger partial charge in [0.1, 0.15) is 5.75 Å². The van der Waals surface area contributed by atoms with E-state index < -0.39 is 0 Å². The lowest BCUT2D eigenvalue weighted by atomic mass is 9.88. The quantitative estimate of drug-likeness (QED) is 0.936. The van der Waals surface area contributed by atoms with Gasteiger partial charge in [0.15, 0.2) is 6.61 Å². The lowest BCUT2D eigenvalue weighted by Crippen LogP contribution is -2.34. The van der Waals surface area contributed by atoms with Crippen LogP contribution in [0.1, 0.15) is 35.6 Å². The zero-order valence-electron chi connectivity index (χ0n) is 12.8. The van der Waals surface area contributed by atoms with Crippen LogP contribution in [0.5, 0.6) is 5.75 Å². The van der Waals surface area contributed by atoms with Gasteiger partial charge in [-0.25, -0.2) is 0 Å². The molecule has 0 aromatic heterocycles. The highest BCUT2D eigenvalue weighted by molar-refractivity contribution is 5.78. The van der Waals surface area contributed by atoms with E-state index in [1.165, 1.54) is 16.7 Å². The van der Waals surface area contributed by atoms with Crippen molar-refractivity contribution in [3.8, 4) is 5.75 Å². The van der Waals surface area contributed by atoms with Crippen molar-refractivity contribution in [1.29, 1.82) is 0 Å². The van der Waals surface area contributed by atoms with E-state index in [4.69, 9.17) is 4.74 Å². The van der Waals surface area contributed by atoms with Crippen molar-refractivity contribution >= 4 is 5.91 Å². The van der Waals surface area contributed by atoms with Crippen LogP contribution in [0.25, 0.3) is 0 Å². The number of amides is 1. The van der Waals surface area contributed by atoms with Crippen LogP contribution in [-0.4, -0.2) is 12.5 Å².